The molecule has 1 aliphatic heterocycles. The summed E-state index contributed by atoms with van der Waals surface area (Å²) in [4.78, 5) is 7.21. The lowest BCUT2D eigenvalue weighted by Gasteiger charge is -2.32. The van der Waals surface area contributed by atoms with E-state index in [4.69, 9.17) is 9.72 Å². The fraction of sp³-hybridized carbons (Fsp3) is 0.350. The van der Waals surface area contributed by atoms with Crippen LogP contribution in [-0.4, -0.2) is 36.1 Å². The molecule has 2 atom stereocenters. The van der Waals surface area contributed by atoms with E-state index in [1.54, 1.807) is 11.3 Å². The summed E-state index contributed by atoms with van der Waals surface area (Å²) in [6.07, 6.45) is 2.50. The number of rotatable bonds is 4. The van der Waals surface area contributed by atoms with Crippen LogP contribution in [0.2, 0.25) is 0 Å². The molecule has 0 amide bonds. The van der Waals surface area contributed by atoms with Crippen LogP contribution >= 0.6 is 11.3 Å². The Bertz CT molecular complexity index is 769. The number of benzene rings is 2. The van der Waals surface area contributed by atoms with Gasteiger partial charge in [-0.1, -0.05) is 42.5 Å². The number of likely N-dealkylation sites (tertiary alicyclic amines) is 1. The van der Waals surface area contributed by atoms with Gasteiger partial charge in [0, 0.05) is 6.54 Å². The molecule has 2 aromatic carbocycles. The molecule has 0 N–H and O–H groups in total. The van der Waals surface area contributed by atoms with Gasteiger partial charge >= 0.3 is 0 Å². The Kier molecular flexibility index (Phi) is 4.60. The van der Waals surface area contributed by atoms with Crippen LogP contribution in [-0.2, 0) is 4.74 Å². The van der Waals surface area contributed by atoms with E-state index in [0.29, 0.717) is 0 Å². The van der Waals surface area contributed by atoms with Crippen molar-refractivity contribution >= 4 is 21.6 Å². The van der Waals surface area contributed by atoms with Gasteiger partial charge in [0.2, 0.25) is 0 Å². The van der Waals surface area contributed by atoms with E-state index in [-0.39, 0.29) is 12.2 Å². The van der Waals surface area contributed by atoms with E-state index < -0.39 is 0 Å². The van der Waals surface area contributed by atoms with Crippen LogP contribution in [0.5, 0.6) is 0 Å². The molecule has 2 heterocycles. The number of fused-ring (bicyclic) bond motifs is 1. The smallest absolute Gasteiger partial charge is 0.134 e. The van der Waals surface area contributed by atoms with Crippen molar-refractivity contribution in [3.8, 4) is 0 Å². The van der Waals surface area contributed by atoms with Crippen molar-refractivity contribution in [2.75, 3.05) is 20.1 Å². The molecule has 1 aliphatic rings. The molecule has 24 heavy (non-hydrogen) atoms. The highest BCUT2D eigenvalue weighted by atomic mass is 32.1. The Balaban J connectivity index is 1.67. The average Bonchev–Trinajstić information content (AvgIpc) is 3.04. The van der Waals surface area contributed by atoms with Crippen LogP contribution in [0.4, 0.5) is 0 Å². The van der Waals surface area contributed by atoms with Gasteiger partial charge in [0.05, 0.1) is 16.3 Å². The van der Waals surface area contributed by atoms with Crippen LogP contribution in [0, 0.1) is 0 Å². The summed E-state index contributed by atoms with van der Waals surface area (Å²) < 4.78 is 7.79. The number of likely N-dealkylation sites (N-methyl/N-ethyl adjacent to an activating group) is 1. The molecule has 1 aromatic heterocycles. The molecule has 3 aromatic rings. The maximum Gasteiger partial charge on any atom is 0.134 e. The van der Waals surface area contributed by atoms with E-state index in [2.05, 4.69) is 54.4 Å². The molecule has 2 unspecified atom stereocenters. The highest BCUT2D eigenvalue weighted by molar-refractivity contribution is 7.18. The van der Waals surface area contributed by atoms with E-state index in [0.717, 1.165) is 30.0 Å². The Morgan fingerprint density at radius 3 is 2.71 bits per heavy atom. The fourth-order valence-corrected chi connectivity index (χ4v) is 4.36. The molecule has 3 nitrogen and oxygen atoms in total. The zero-order valence-corrected chi connectivity index (χ0v) is 14.7. The number of hydrogen-bond donors (Lipinski definition) is 0. The molecular formula is C20H22N2OS. The summed E-state index contributed by atoms with van der Waals surface area (Å²) in [5, 5.41) is 1.05. The first-order valence-corrected chi connectivity index (χ1v) is 9.35. The van der Waals surface area contributed by atoms with Gasteiger partial charge < -0.3 is 9.64 Å². The van der Waals surface area contributed by atoms with Crippen molar-refractivity contribution in [3.05, 3.63) is 65.2 Å². The second-order valence-electron chi connectivity index (χ2n) is 6.47. The zero-order valence-electron chi connectivity index (χ0n) is 13.9. The largest absolute Gasteiger partial charge is 0.362 e. The zero-order chi connectivity index (χ0) is 16.4. The van der Waals surface area contributed by atoms with Gasteiger partial charge in [0.1, 0.15) is 11.1 Å². The third-order valence-electron chi connectivity index (χ3n) is 4.55. The van der Waals surface area contributed by atoms with Crippen molar-refractivity contribution in [1.29, 1.82) is 0 Å². The molecule has 0 saturated carbocycles. The highest BCUT2D eigenvalue weighted by Gasteiger charge is 2.26. The molecule has 124 valence electrons. The number of ether oxygens (including phenoxy) is 1. The standard InChI is InChI=1S/C20H22N2OS/c1-22-13-7-10-16(14-22)23-19(15-8-3-2-4-9-15)20-21-17-11-5-6-12-18(17)24-20/h2-6,8-9,11-12,16,19H,7,10,13-14H2,1H3. The minimum atomic E-state index is -0.0832. The van der Waals surface area contributed by atoms with Crippen molar-refractivity contribution in [3.63, 3.8) is 0 Å². The third-order valence-corrected chi connectivity index (χ3v) is 5.63. The summed E-state index contributed by atoms with van der Waals surface area (Å²) in [6, 6.07) is 18.8. The minimum Gasteiger partial charge on any atom is -0.362 e. The van der Waals surface area contributed by atoms with Gasteiger partial charge in [-0.25, -0.2) is 4.98 Å². The first-order valence-electron chi connectivity index (χ1n) is 8.54. The van der Waals surface area contributed by atoms with E-state index in [9.17, 15) is 0 Å². The number of nitrogens with zero attached hydrogens (tertiary/aromatic N) is 2. The Morgan fingerprint density at radius 1 is 1.12 bits per heavy atom. The van der Waals surface area contributed by atoms with Crippen LogP contribution < -0.4 is 0 Å². The lowest BCUT2D eigenvalue weighted by molar-refractivity contribution is -0.0281. The fourth-order valence-electron chi connectivity index (χ4n) is 3.33. The lowest BCUT2D eigenvalue weighted by Crippen LogP contribution is -2.37. The maximum absolute atomic E-state index is 6.57. The summed E-state index contributed by atoms with van der Waals surface area (Å²) in [7, 11) is 2.17. The Hall–Kier alpha value is -1.75. The summed E-state index contributed by atoms with van der Waals surface area (Å²) in [6.45, 7) is 2.16. The number of aromatic nitrogens is 1. The average molecular weight is 338 g/mol. The first kappa shape index (κ1) is 15.8. The van der Waals surface area contributed by atoms with Gasteiger partial charge in [0.25, 0.3) is 0 Å². The number of piperidine rings is 1. The number of hydrogen-bond acceptors (Lipinski definition) is 4. The van der Waals surface area contributed by atoms with Gasteiger partial charge in [-0.05, 0) is 44.1 Å². The Labute approximate surface area is 146 Å². The summed E-state index contributed by atoms with van der Waals surface area (Å²) in [5.74, 6) is 0. The molecule has 0 spiro atoms. The first-order chi connectivity index (χ1) is 11.8. The second-order valence-corrected chi connectivity index (χ2v) is 7.54. The lowest BCUT2D eigenvalue weighted by atomic mass is 10.1. The maximum atomic E-state index is 6.57. The molecule has 4 rings (SSSR count). The van der Waals surface area contributed by atoms with Crippen LogP contribution in [0.1, 0.15) is 29.5 Å². The molecular weight excluding hydrogens is 316 g/mol. The predicted octanol–water partition coefficient (Wildman–Crippen LogP) is 4.50. The summed E-state index contributed by atoms with van der Waals surface area (Å²) in [5.41, 5.74) is 2.24. The van der Waals surface area contributed by atoms with Gasteiger partial charge in [-0.15, -0.1) is 11.3 Å². The molecule has 0 radical (unpaired) electrons. The SMILES string of the molecule is CN1CCCC(OC(c2ccccc2)c2nc3ccccc3s2)C1. The predicted molar refractivity (Wildman–Crippen MR) is 99.5 cm³/mol. The van der Waals surface area contributed by atoms with Crippen LogP contribution in [0.25, 0.3) is 10.2 Å². The molecule has 1 saturated heterocycles. The monoisotopic (exact) mass is 338 g/mol. The number of para-hydroxylation sites is 1. The molecule has 4 heteroatoms. The number of thiazole rings is 1. The third kappa shape index (κ3) is 3.36. The van der Waals surface area contributed by atoms with Crippen LogP contribution in [0.3, 0.4) is 0 Å². The second kappa shape index (κ2) is 7.01. The molecule has 0 aliphatic carbocycles. The van der Waals surface area contributed by atoms with Gasteiger partial charge in [-0.2, -0.15) is 0 Å². The van der Waals surface area contributed by atoms with E-state index in [1.807, 2.05) is 12.1 Å². The highest BCUT2D eigenvalue weighted by Crippen LogP contribution is 2.34. The topological polar surface area (TPSA) is 25.4 Å². The van der Waals surface area contributed by atoms with E-state index >= 15 is 0 Å². The van der Waals surface area contributed by atoms with Gasteiger partial charge in [-0.3, -0.25) is 0 Å². The minimum absolute atomic E-state index is 0.0832. The van der Waals surface area contributed by atoms with Crippen LogP contribution in [0.15, 0.2) is 54.6 Å². The van der Waals surface area contributed by atoms with Gasteiger partial charge in [0.15, 0.2) is 0 Å². The summed E-state index contributed by atoms with van der Waals surface area (Å²) >= 11 is 1.74. The normalized spacial score (nSPS) is 20.3. The van der Waals surface area contributed by atoms with Crippen molar-refractivity contribution in [2.24, 2.45) is 0 Å². The molecule has 1 fully saturated rings. The van der Waals surface area contributed by atoms with E-state index in [1.165, 1.54) is 16.7 Å². The van der Waals surface area contributed by atoms with Crippen molar-refractivity contribution in [2.45, 2.75) is 25.0 Å². The van der Waals surface area contributed by atoms with Crippen molar-refractivity contribution < 1.29 is 4.74 Å². The van der Waals surface area contributed by atoms with Crippen molar-refractivity contribution in [1.82, 2.24) is 9.88 Å². The quantitative estimate of drug-likeness (QED) is 0.700. The molecule has 0 bridgehead atoms. The Morgan fingerprint density at radius 2 is 1.92 bits per heavy atom.